The second kappa shape index (κ2) is 2.90. The maximum Gasteiger partial charge on any atom is 0.412 e. The predicted octanol–water partition coefficient (Wildman–Crippen LogP) is -0.00470. The number of carbonyl (C=O) groups is 1. The summed E-state index contributed by atoms with van der Waals surface area (Å²) in [6, 6.07) is 7.45. The first-order chi connectivity index (χ1) is 6.27. The summed E-state index contributed by atoms with van der Waals surface area (Å²) < 4.78 is 0. The highest BCUT2D eigenvalue weighted by atomic mass is 16.4. The Morgan fingerprint density at radius 1 is 1.46 bits per heavy atom. The van der Waals surface area contributed by atoms with Crippen molar-refractivity contribution in [3.05, 3.63) is 34.8 Å². The van der Waals surface area contributed by atoms with Crippen LogP contribution in [0.2, 0.25) is 0 Å². The molecular weight excluding hydrogens is 168 g/mol. The second-order valence-electron chi connectivity index (χ2n) is 2.74. The summed E-state index contributed by atoms with van der Waals surface area (Å²) in [6.45, 7) is 0.187. The van der Waals surface area contributed by atoms with Crippen molar-refractivity contribution in [3.63, 3.8) is 0 Å². The molecule has 13 heavy (non-hydrogen) atoms. The lowest BCUT2D eigenvalue weighted by Crippen LogP contribution is -2.37. The van der Waals surface area contributed by atoms with Gasteiger partial charge < -0.3 is 5.11 Å². The molecule has 0 spiro atoms. The Kier molecular flexibility index (Phi) is 1.73. The number of amides is 1. The van der Waals surface area contributed by atoms with Crippen LogP contribution in [0.15, 0.2) is 29.3 Å². The molecule has 0 aliphatic carbocycles. The minimum atomic E-state index is -0.974. The summed E-state index contributed by atoms with van der Waals surface area (Å²) in [5, 5.41) is 10.4. The molecule has 0 aromatic heterocycles. The largest absolute Gasteiger partial charge is 0.465 e. The van der Waals surface area contributed by atoms with E-state index in [1.54, 1.807) is 6.20 Å². The number of rotatable bonds is 0. The summed E-state index contributed by atoms with van der Waals surface area (Å²) >= 11 is 0. The number of para-hydroxylation sites is 1. The molecule has 1 aromatic carbocycles. The molecule has 0 atom stereocenters. The van der Waals surface area contributed by atoms with Crippen LogP contribution in [0.4, 0.5) is 4.79 Å². The first-order valence-corrected chi connectivity index (χ1v) is 3.88. The Bertz CT molecular complexity index is 453. The van der Waals surface area contributed by atoms with Crippen molar-refractivity contribution in [2.24, 2.45) is 4.99 Å². The molecule has 1 heterocycles. The molecule has 66 valence electrons. The Hall–Kier alpha value is -1.84. The fourth-order valence-electron chi connectivity index (χ4n) is 1.22. The second-order valence-corrected chi connectivity index (χ2v) is 2.74. The first kappa shape index (κ1) is 7.79. The first-order valence-electron chi connectivity index (χ1n) is 3.88. The number of hydrogen-bond acceptors (Lipinski definition) is 2. The van der Waals surface area contributed by atoms with Crippen molar-refractivity contribution >= 4 is 12.3 Å². The zero-order valence-corrected chi connectivity index (χ0v) is 6.84. The SMILES string of the molecule is O=C(O)N1C=c2ccccc2=NC1. The van der Waals surface area contributed by atoms with E-state index in [0.717, 1.165) is 15.5 Å². The zero-order chi connectivity index (χ0) is 9.26. The van der Waals surface area contributed by atoms with Crippen LogP contribution in [-0.4, -0.2) is 22.8 Å². The number of carboxylic acid groups (broad SMARTS) is 1. The highest BCUT2D eigenvalue weighted by Gasteiger charge is 2.09. The Balaban J connectivity index is 2.55. The standard InChI is InChI=1S/C9H8N2O2/c12-9(13)11-5-7-3-1-2-4-8(7)10-6-11/h1-5H,6H2,(H,12,13). The highest BCUT2D eigenvalue weighted by molar-refractivity contribution is 5.70. The molecule has 1 amide bonds. The predicted molar refractivity (Wildman–Crippen MR) is 46.4 cm³/mol. The average molecular weight is 176 g/mol. The summed E-state index contributed by atoms with van der Waals surface area (Å²) in [5.41, 5.74) is 0. The smallest absolute Gasteiger partial charge is 0.412 e. The van der Waals surface area contributed by atoms with Gasteiger partial charge in [-0.25, -0.2) is 4.79 Å². The van der Waals surface area contributed by atoms with Gasteiger partial charge in [0.15, 0.2) is 0 Å². The van der Waals surface area contributed by atoms with E-state index in [0.29, 0.717) is 0 Å². The summed E-state index contributed by atoms with van der Waals surface area (Å²) in [4.78, 5) is 15.9. The van der Waals surface area contributed by atoms with E-state index in [1.807, 2.05) is 24.3 Å². The molecule has 1 N–H and O–H groups in total. The van der Waals surface area contributed by atoms with Crippen LogP contribution in [0.25, 0.3) is 6.20 Å². The average Bonchev–Trinajstić information content (AvgIpc) is 2.17. The van der Waals surface area contributed by atoms with Gasteiger partial charge in [0.1, 0.15) is 6.67 Å². The van der Waals surface area contributed by atoms with Gasteiger partial charge in [0.25, 0.3) is 0 Å². The van der Waals surface area contributed by atoms with Crippen molar-refractivity contribution in [2.45, 2.75) is 0 Å². The fourth-order valence-corrected chi connectivity index (χ4v) is 1.22. The third kappa shape index (κ3) is 1.38. The van der Waals surface area contributed by atoms with E-state index in [9.17, 15) is 4.79 Å². The van der Waals surface area contributed by atoms with E-state index >= 15 is 0 Å². The maximum absolute atomic E-state index is 10.6. The third-order valence-corrected chi connectivity index (χ3v) is 1.87. The number of nitrogens with zero attached hydrogens (tertiary/aromatic N) is 2. The van der Waals surface area contributed by atoms with Crippen LogP contribution in [0.3, 0.4) is 0 Å². The molecule has 1 aliphatic heterocycles. The lowest BCUT2D eigenvalue weighted by atomic mass is 10.3. The molecule has 0 unspecified atom stereocenters. The number of hydrogen-bond donors (Lipinski definition) is 1. The molecule has 0 radical (unpaired) electrons. The van der Waals surface area contributed by atoms with Gasteiger partial charge in [0.2, 0.25) is 0 Å². The van der Waals surface area contributed by atoms with E-state index in [2.05, 4.69) is 4.99 Å². The normalized spacial score (nSPS) is 14.0. The fraction of sp³-hybridized carbons (Fsp3) is 0.111. The quantitative estimate of drug-likeness (QED) is 0.604. The summed E-state index contributed by atoms with van der Waals surface area (Å²) in [5.74, 6) is 0. The van der Waals surface area contributed by atoms with Gasteiger partial charge >= 0.3 is 6.09 Å². The molecule has 2 rings (SSSR count). The Morgan fingerprint density at radius 2 is 2.23 bits per heavy atom. The van der Waals surface area contributed by atoms with Crippen molar-refractivity contribution in [2.75, 3.05) is 6.67 Å². The Labute approximate surface area is 74.4 Å². The van der Waals surface area contributed by atoms with Gasteiger partial charge in [-0.15, -0.1) is 0 Å². The Morgan fingerprint density at radius 3 is 3.00 bits per heavy atom. The van der Waals surface area contributed by atoms with Gasteiger partial charge in [-0.3, -0.25) is 9.89 Å². The van der Waals surface area contributed by atoms with Crippen LogP contribution in [0.5, 0.6) is 0 Å². The van der Waals surface area contributed by atoms with E-state index in [-0.39, 0.29) is 6.67 Å². The minimum absolute atomic E-state index is 0.187. The highest BCUT2D eigenvalue weighted by Crippen LogP contribution is 1.92. The van der Waals surface area contributed by atoms with Gasteiger partial charge in [0, 0.05) is 11.4 Å². The van der Waals surface area contributed by atoms with Gasteiger partial charge in [-0.05, 0) is 6.07 Å². The lowest BCUT2D eigenvalue weighted by Gasteiger charge is -2.13. The third-order valence-electron chi connectivity index (χ3n) is 1.87. The van der Waals surface area contributed by atoms with Crippen molar-refractivity contribution in [1.82, 2.24) is 4.90 Å². The topological polar surface area (TPSA) is 52.9 Å². The van der Waals surface area contributed by atoms with Gasteiger partial charge in [-0.1, -0.05) is 18.2 Å². The molecular formula is C9H8N2O2. The maximum atomic E-state index is 10.6. The molecule has 0 bridgehead atoms. The van der Waals surface area contributed by atoms with Crippen LogP contribution in [-0.2, 0) is 0 Å². The van der Waals surface area contributed by atoms with Crippen LogP contribution in [0, 0.1) is 0 Å². The van der Waals surface area contributed by atoms with Crippen LogP contribution < -0.4 is 10.6 Å². The number of fused-ring (bicyclic) bond motifs is 1. The minimum Gasteiger partial charge on any atom is -0.465 e. The van der Waals surface area contributed by atoms with Crippen molar-refractivity contribution in [3.8, 4) is 0 Å². The molecule has 1 aliphatic rings. The monoisotopic (exact) mass is 176 g/mol. The molecule has 4 heteroatoms. The summed E-state index contributed by atoms with van der Waals surface area (Å²) in [7, 11) is 0. The molecule has 0 saturated heterocycles. The summed E-state index contributed by atoms with van der Waals surface area (Å²) in [6.07, 6.45) is 0.614. The zero-order valence-electron chi connectivity index (χ0n) is 6.84. The van der Waals surface area contributed by atoms with E-state index in [4.69, 9.17) is 5.11 Å². The molecule has 1 aromatic rings. The van der Waals surface area contributed by atoms with Gasteiger partial charge in [0.05, 0.1) is 5.36 Å². The lowest BCUT2D eigenvalue weighted by molar-refractivity contribution is 0.168. The van der Waals surface area contributed by atoms with Crippen molar-refractivity contribution < 1.29 is 9.90 Å². The number of benzene rings is 1. The van der Waals surface area contributed by atoms with Crippen LogP contribution >= 0.6 is 0 Å². The van der Waals surface area contributed by atoms with E-state index < -0.39 is 6.09 Å². The van der Waals surface area contributed by atoms with Crippen molar-refractivity contribution in [1.29, 1.82) is 0 Å². The van der Waals surface area contributed by atoms with Crippen LogP contribution in [0.1, 0.15) is 0 Å². The van der Waals surface area contributed by atoms with E-state index in [1.165, 1.54) is 0 Å². The van der Waals surface area contributed by atoms with Gasteiger partial charge in [-0.2, -0.15) is 0 Å². The molecule has 0 saturated carbocycles. The molecule has 0 fully saturated rings. The molecule has 4 nitrogen and oxygen atoms in total.